The highest BCUT2D eigenvalue weighted by molar-refractivity contribution is 5.75. The van der Waals surface area contributed by atoms with E-state index in [2.05, 4.69) is 0 Å². The van der Waals surface area contributed by atoms with Crippen molar-refractivity contribution in [3.8, 4) is 5.75 Å². The molecule has 0 unspecified atom stereocenters. The first kappa shape index (κ1) is 11.7. The van der Waals surface area contributed by atoms with Gasteiger partial charge in [0.25, 0.3) is 0 Å². The van der Waals surface area contributed by atoms with Crippen molar-refractivity contribution in [2.24, 2.45) is 0 Å². The lowest BCUT2D eigenvalue weighted by Gasteiger charge is -2.06. The Balaban J connectivity index is 2.27. The molecule has 0 saturated carbocycles. The van der Waals surface area contributed by atoms with Gasteiger partial charge in [0.15, 0.2) is 0 Å². The van der Waals surface area contributed by atoms with Gasteiger partial charge in [0.2, 0.25) is 0 Å². The van der Waals surface area contributed by atoms with Gasteiger partial charge in [0.05, 0.1) is 19.8 Å². The zero-order valence-electron chi connectivity index (χ0n) is 8.39. The molecule has 0 heterocycles. The van der Waals surface area contributed by atoms with Gasteiger partial charge in [-0.3, -0.25) is 4.79 Å². The quantitative estimate of drug-likeness (QED) is 0.536. The maximum atomic E-state index is 10.5. The summed E-state index contributed by atoms with van der Waals surface area (Å²) in [7, 11) is 0. The molecular weight excluding hydrogens is 196 g/mol. The van der Waals surface area contributed by atoms with Crippen molar-refractivity contribution < 1.29 is 19.4 Å². The SMILES string of the molecule is O=Cc1cccc(OCCOCCO)c1. The minimum absolute atomic E-state index is 0.0145. The zero-order valence-corrected chi connectivity index (χ0v) is 8.39. The molecule has 0 amide bonds. The summed E-state index contributed by atoms with van der Waals surface area (Å²) in [6.07, 6.45) is 0.773. The lowest BCUT2D eigenvalue weighted by molar-refractivity contribution is 0.0705. The third kappa shape index (κ3) is 4.58. The van der Waals surface area contributed by atoms with Crippen LogP contribution in [-0.4, -0.2) is 37.8 Å². The van der Waals surface area contributed by atoms with Crippen LogP contribution in [0.2, 0.25) is 0 Å². The van der Waals surface area contributed by atoms with E-state index >= 15 is 0 Å². The first-order chi connectivity index (χ1) is 7.36. The molecule has 0 aliphatic carbocycles. The molecule has 0 aliphatic heterocycles. The smallest absolute Gasteiger partial charge is 0.150 e. The molecule has 15 heavy (non-hydrogen) atoms. The molecule has 4 nitrogen and oxygen atoms in total. The molecule has 0 spiro atoms. The third-order valence-electron chi connectivity index (χ3n) is 1.73. The predicted octanol–water partition coefficient (Wildman–Crippen LogP) is 0.887. The lowest BCUT2D eigenvalue weighted by atomic mass is 10.2. The lowest BCUT2D eigenvalue weighted by Crippen LogP contribution is -2.09. The summed E-state index contributed by atoms with van der Waals surface area (Å²) in [4.78, 5) is 10.5. The zero-order chi connectivity index (χ0) is 10.9. The molecule has 4 heteroatoms. The van der Waals surface area contributed by atoms with Gasteiger partial charge in [-0.15, -0.1) is 0 Å². The average molecular weight is 210 g/mol. The van der Waals surface area contributed by atoms with E-state index in [0.29, 0.717) is 31.1 Å². The Morgan fingerprint density at radius 3 is 2.87 bits per heavy atom. The molecule has 1 rings (SSSR count). The second-order valence-electron chi connectivity index (χ2n) is 2.87. The summed E-state index contributed by atoms with van der Waals surface area (Å²) in [5.41, 5.74) is 0.587. The fraction of sp³-hybridized carbons (Fsp3) is 0.364. The summed E-state index contributed by atoms with van der Waals surface area (Å²) < 4.78 is 10.3. The maximum absolute atomic E-state index is 10.5. The molecule has 1 aromatic rings. The average Bonchev–Trinajstić information content (AvgIpc) is 2.29. The largest absolute Gasteiger partial charge is 0.491 e. The van der Waals surface area contributed by atoms with E-state index in [-0.39, 0.29) is 6.61 Å². The van der Waals surface area contributed by atoms with Crippen molar-refractivity contribution >= 4 is 6.29 Å². The van der Waals surface area contributed by atoms with E-state index in [1.807, 2.05) is 0 Å². The van der Waals surface area contributed by atoms with Gasteiger partial charge in [0.1, 0.15) is 18.6 Å². The van der Waals surface area contributed by atoms with Gasteiger partial charge in [-0.1, -0.05) is 12.1 Å². The van der Waals surface area contributed by atoms with Crippen molar-refractivity contribution in [1.29, 1.82) is 0 Å². The highest BCUT2D eigenvalue weighted by Crippen LogP contribution is 2.11. The summed E-state index contributed by atoms with van der Waals surface area (Å²) in [6, 6.07) is 6.91. The highest BCUT2D eigenvalue weighted by atomic mass is 16.5. The molecule has 0 saturated heterocycles. The van der Waals surface area contributed by atoms with Gasteiger partial charge in [-0.2, -0.15) is 0 Å². The highest BCUT2D eigenvalue weighted by Gasteiger charge is 1.95. The monoisotopic (exact) mass is 210 g/mol. The number of carbonyl (C=O) groups is 1. The van der Waals surface area contributed by atoms with Gasteiger partial charge in [0, 0.05) is 5.56 Å². The minimum Gasteiger partial charge on any atom is -0.491 e. The van der Waals surface area contributed by atoms with Crippen LogP contribution in [0.4, 0.5) is 0 Å². The summed E-state index contributed by atoms with van der Waals surface area (Å²) in [6.45, 7) is 1.16. The third-order valence-corrected chi connectivity index (χ3v) is 1.73. The molecule has 0 atom stereocenters. The molecule has 0 bridgehead atoms. The van der Waals surface area contributed by atoms with E-state index in [0.717, 1.165) is 6.29 Å². The van der Waals surface area contributed by atoms with E-state index in [9.17, 15) is 4.79 Å². The number of hydrogen-bond donors (Lipinski definition) is 1. The number of rotatable bonds is 7. The molecular formula is C11H14O4. The van der Waals surface area contributed by atoms with Crippen molar-refractivity contribution in [2.45, 2.75) is 0 Å². The van der Waals surface area contributed by atoms with E-state index in [1.165, 1.54) is 0 Å². The first-order valence-corrected chi connectivity index (χ1v) is 4.73. The summed E-state index contributed by atoms with van der Waals surface area (Å²) in [5, 5.41) is 8.45. The van der Waals surface area contributed by atoms with Crippen LogP contribution in [-0.2, 0) is 4.74 Å². The fourth-order valence-electron chi connectivity index (χ4n) is 1.06. The Labute approximate surface area is 88.4 Å². The molecule has 0 aromatic heterocycles. The Hall–Kier alpha value is -1.39. The second-order valence-corrected chi connectivity index (χ2v) is 2.87. The van der Waals surface area contributed by atoms with Crippen molar-refractivity contribution in [1.82, 2.24) is 0 Å². The number of aliphatic hydroxyl groups excluding tert-OH is 1. The molecule has 0 radical (unpaired) electrons. The summed E-state index contributed by atoms with van der Waals surface area (Å²) >= 11 is 0. The van der Waals surface area contributed by atoms with E-state index in [4.69, 9.17) is 14.6 Å². The minimum atomic E-state index is 0.0145. The van der Waals surface area contributed by atoms with Crippen LogP contribution < -0.4 is 4.74 Å². The van der Waals surface area contributed by atoms with E-state index < -0.39 is 0 Å². The molecule has 0 aliphatic rings. The van der Waals surface area contributed by atoms with Crippen molar-refractivity contribution in [2.75, 3.05) is 26.4 Å². The Morgan fingerprint density at radius 2 is 2.13 bits per heavy atom. The van der Waals surface area contributed by atoms with Gasteiger partial charge in [-0.25, -0.2) is 0 Å². The Bertz CT molecular complexity index is 298. The second kappa shape index (κ2) is 6.98. The van der Waals surface area contributed by atoms with Crippen LogP contribution in [0.15, 0.2) is 24.3 Å². The Kier molecular flexibility index (Phi) is 5.43. The molecule has 1 aromatic carbocycles. The van der Waals surface area contributed by atoms with Gasteiger partial charge >= 0.3 is 0 Å². The van der Waals surface area contributed by atoms with Crippen LogP contribution in [0.25, 0.3) is 0 Å². The first-order valence-electron chi connectivity index (χ1n) is 4.73. The number of hydrogen-bond acceptors (Lipinski definition) is 4. The van der Waals surface area contributed by atoms with Gasteiger partial charge < -0.3 is 14.6 Å². The topological polar surface area (TPSA) is 55.8 Å². The number of aldehydes is 1. The number of carbonyl (C=O) groups excluding carboxylic acids is 1. The molecule has 1 N–H and O–H groups in total. The predicted molar refractivity (Wildman–Crippen MR) is 55.2 cm³/mol. The number of benzene rings is 1. The van der Waals surface area contributed by atoms with Crippen LogP contribution in [0, 0.1) is 0 Å². The normalized spacial score (nSPS) is 9.93. The van der Waals surface area contributed by atoms with Crippen LogP contribution in [0.1, 0.15) is 10.4 Å². The maximum Gasteiger partial charge on any atom is 0.150 e. The summed E-state index contributed by atoms with van der Waals surface area (Å²) in [5.74, 6) is 0.646. The van der Waals surface area contributed by atoms with Crippen LogP contribution in [0.3, 0.4) is 0 Å². The van der Waals surface area contributed by atoms with Crippen LogP contribution in [0.5, 0.6) is 5.75 Å². The van der Waals surface area contributed by atoms with Crippen molar-refractivity contribution in [3.63, 3.8) is 0 Å². The van der Waals surface area contributed by atoms with E-state index in [1.54, 1.807) is 24.3 Å². The van der Waals surface area contributed by atoms with Crippen LogP contribution >= 0.6 is 0 Å². The Morgan fingerprint density at radius 1 is 1.27 bits per heavy atom. The molecule has 0 fully saturated rings. The standard InChI is InChI=1S/C11H14O4/c12-4-5-14-6-7-15-11-3-1-2-10(8-11)9-13/h1-3,8-9,12H,4-7H2. The van der Waals surface area contributed by atoms with Crippen molar-refractivity contribution in [3.05, 3.63) is 29.8 Å². The van der Waals surface area contributed by atoms with Gasteiger partial charge in [-0.05, 0) is 12.1 Å². The fourth-order valence-corrected chi connectivity index (χ4v) is 1.06. The number of ether oxygens (including phenoxy) is 2. The number of aliphatic hydroxyl groups is 1. The molecule has 82 valence electrons.